The topological polar surface area (TPSA) is 57.2 Å². The number of unbranched alkanes of at least 4 members (excludes halogenated alkanes) is 5. The number of benzene rings is 1. The Kier molecular flexibility index (Phi) is 16.1. The Labute approximate surface area is 165 Å². The van der Waals surface area contributed by atoms with Crippen LogP contribution in [0.25, 0.3) is 0 Å². The fourth-order valence-corrected chi connectivity index (χ4v) is 2.76. The summed E-state index contributed by atoms with van der Waals surface area (Å²) in [5, 5.41) is 8.57. The van der Waals surface area contributed by atoms with E-state index >= 15 is 0 Å². The number of hydrogen-bond acceptors (Lipinski definition) is 5. The molecule has 0 aromatic heterocycles. The second-order valence-electron chi connectivity index (χ2n) is 6.53. The quantitative estimate of drug-likeness (QED) is 0.366. The van der Waals surface area contributed by atoms with Crippen LogP contribution in [0.15, 0.2) is 24.3 Å². The lowest BCUT2D eigenvalue weighted by Crippen LogP contribution is -2.13. The van der Waals surface area contributed by atoms with Crippen molar-refractivity contribution < 1.29 is 24.1 Å². The molecule has 27 heavy (non-hydrogen) atoms. The van der Waals surface area contributed by atoms with Crippen LogP contribution in [0.3, 0.4) is 0 Å². The van der Waals surface area contributed by atoms with Crippen molar-refractivity contribution >= 4 is 0 Å². The summed E-state index contributed by atoms with van der Waals surface area (Å²) < 4.78 is 21.9. The number of aliphatic hydroxyl groups is 1. The molecule has 1 rings (SSSR count). The van der Waals surface area contributed by atoms with Crippen molar-refractivity contribution in [1.29, 1.82) is 0 Å². The molecule has 1 N–H and O–H groups in total. The molecule has 0 aliphatic rings. The summed E-state index contributed by atoms with van der Waals surface area (Å²) in [7, 11) is 0. The number of para-hydroxylation sites is 1. The van der Waals surface area contributed by atoms with Crippen molar-refractivity contribution in [3.63, 3.8) is 0 Å². The molecule has 0 radical (unpaired) electrons. The molecule has 1 aromatic rings. The molecular formula is C22H38O5. The highest BCUT2D eigenvalue weighted by Gasteiger charge is 2.03. The van der Waals surface area contributed by atoms with Crippen molar-refractivity contribution in [2.75, 3.05) is 52.9 Å². The largest absolute Gasteiger partial charge is 0.491 e. The fraction of sp³-hybridized carbons (Fsp3) is 0.727. The minimum Gasteiger partial charge on any atom is -0.491 e. The van der Waals surface area contributed by atoms with Crippen LogP contribution in [0.5, 0.6) is 5.75 Å². The van der Waals surface area contributed by atoms with Crippen molar-refractivity contribution in [3.8, 4) is 5.75 Å². The minimum atomic E-state index is 0.0468. The van der Waals surface area contributed by atoms with E-state index in [0.717, 1.165) is 12.2 Å². The second-order valence-corrected chi connectivity index (χ2v) is 6.53. The number of hydrogen-bond donors (Lipinski definition) is 1. The third kappa shape index (κ3) is 13.6. The summed E-state index contributed by atoms with van der Waals surface area (Å²) in [5.74, 6) is 0.979. The van der Waals surface area contributed by atoms with Gasteiger partial charge >= 0.3 is 0 Å². The number of ether oxygens (including phenoxy) is 4. The number of aliphatic hydroxyl groups excluding tert-OH is 1. The highest BCUT2D eigenvalue weighted by molar-refractivity contribution is 5.33. The first-order valence-corrected chi connectivity index (χ1v) is 10.4. The Morgan fingerprint density at radius 3 is 2.00 bits per heavy atom. The molecule has 0 spiro atoms. The lowest BCUT2D eigenvalue weighted by atomic mass is 10.0. The maximum absolute atomic E-state index is 8.57. The molecule has 0 fully saturated rings. The number of rotatable bonds is 19. The van der Waals surface area contributed by atoms with E-state index in [0.29, 0.717) is 46.2 Å². The van der Waals surface area contributed by atoms with Crippen molar-refractivity contribution in [2.24, 2.45) is 0 Å². The van der Waals surface area contributed by atoms with Crippen LogP contribution in [0, 0.1) is 0 Å². The summed E-state index contributed by atoms with van der Waals surface area (Å²) in [6.07, 6.45) is 8.93. The minimum absolute atomic E-state index is 0.0468. The summed E-state index contributed by atoms with van der Waals surface area (Å²) in [5.41, 5.74) is 1.29. The van der Waals surface area contributed by atoms with E-state index in [1.165, 1.54) is 44.1 Å². The van der Waals surface area contributed by atoms with Gasteiger partial charge in [-0.25, -0.2) is 0 Å². The highest BCUT2D eigenvalue weighted by Crippen LogP contribution is 2.20. The molecule has 0 aliphatic heterocycles. The first kappa shape index (κ1) is 23.9. The van der Waals surface area contributed by atoms with E-state index in [9.17, 15) is 0 Å². The summed E-state index contributed by atoms with van der Waals surface area (Å²) in [6, 6.07) is 8.31. The normalized spacial score (nSPS) is 11.0. The summed E-state index contributed by atoms with van der Waals surface area (Å²) >= 11 is 0. The fourth-order valence-electron chi connectivity index (χ4n) is 2.76. The lowest BCUT2D eigenvalue weighted by Gasteiger charge is -2.12. The molecule has 5 nitrogen and oxygen atoms in total. The van der Waals surface area contributed by atoms with Crippen LogP contribution in [0.2, 0.25) is 0 Å². The average Bonchev–Trinajstić information content (AvgIpc) is 2.69. The molecule has 1 aromatic carbocycles. The Balaban J connectivity index is 2.04. The van der Waals surface area contributed by atoms with Crippen LogP contribution in [0.1, 0.15) is 51.0 Å². The van der Waals surface area contributed by atoms with E-state index in [-0.39, 0.29) is 6.61 Å². The van der Waals surface area contributed by atoms with E-state index in [4.69, 9.17) is 24.1 Å². The van der Waals surface area contributed by atoms with Crippen LogP contribution >= 0.6 is 0 Å². The SMILES string of the molecule is CCCCCCCCc1ccccc1OCCOCCOCCOCCO. The first-order chi connectivity index (χ1) is 13.4. The predicted octanol–water partition coefficient (Wildman–Crippen LogP) is 4.01. The summed E-state index contributed by atoms with van der Waals surface area (Å²) in [6.45, 7) is 5.86. The Morgan fingerprint density at radius 2 is 1.30 bits per heavy atom. The second kappa shape index (κ2) is 18.2. The maximum atomic E-state index is 8.57. The molecule has 0 aliphatic carbocycles. The Morgan fingerprint density at radius 1 is 0.704 bits per heavy atom. The van der Waals surface area contributed by atoms with E-state index in [1.807, 2.05) is 12.1 Å². The smallest absolute Gasteiger partial charge is 0.122 e. The van der Waals surface area contributed by atoms with E-state index < -0.39 is 0 Å². The van der Waals surface area contributed by atoms with Gasteiger partial charge < -0.3 is 24.1 Å². The van der Waals surface area contributed by atoms with Gasteiger partial charge in [0.05, 0.1) is 46.2 Å². The first-order valence-electron chi connectivity index (χ1n) is 10.4. The Bertz CT molecular complexity index is 438. The molecule has 0 saturated heterocycles. The van der Waals surface area contributed by atoms with Gasteiger partial charge in [0.2, 0.25) is 0 Å². The van der Waals surface area contributed by atoms with Gasteiger partial charge in [0.1, 0.15) is 12.4 Å². The van der Waals surface area contributed by atoms with E-state index in [2.05, 4.69) is 19.1 Å². The maximum Gasteiger partial charge on any atom is 0.122 e. The van der Waals surface area contributed by atoms with Crippen molar-refractivity contribution in [1.82, 2.24) is 0 Å². The molecule has 156 valence electrons. The molecule has 0 heterocycles. The van der Waals surface area contributed by atoms with Gasteiger partial charge in [-0.05, 0) is 24.5 Å². The van der Waals surface area contributed by atoms with Crippen molar-refractivity contribution in [2.45, 2.75) is 51.9 Å². The third-order valence-electron chi connectivity index (χ3n) is 4.24. The van der Waals surface area contributed by atoms with E-state index in [1.54, 1.807) is 0 Å². The summed E-state index contributed by atoms with van der Waals surface area (Å²) in [4.78, 5) is 0. The van der Waals surface area contributed by atoms with Gasteiger partial charge in [0.25, 0.3) is 0 Å². The molecule has 5 heteroatoms. The van der Waals surface area contributed by atoms with Gasteiger partial charge in [-0.15, -0.1) is 0 Å². The Hall–Kier alpha value is -1.14. The van der Waals surface area contributed by atoms with Gasteiger partial charge in [0, 0.05) is 0 Å². The van der Waals surface area contributed by atoms with Gasteiger partial charge in [-0.3, -0.25) is 0 Å². The molecule has 0 unspecified atom stereocenters. The van der Waals surface area contributed by atoms with Crippen LogP contribution in [-0.2, 0) is 20.6 Å². The average molecular weight is 383 g/mol. The van der Waals surface area contributed by atoms with Gasteiger partial charge in [-0.1, -0.05) is 57.2 Å². The zero-order valence-corrected chi connectivity index (χ0v) is 17.0. The van der Waals surface area contributed by atoms with Crippen LogP contribution in [0.4, 0.5) is 0 Å². The molecule has 0 saturated carbocycles. The standard InChI is InChI=1S/C22H38O5/c1-2-3-4-5-6-7-10-21-11-8-9-12-22(21)27-20-19-26-18-17-25-16-15-24-14-13-23/h8-9,11-12,23H,2-7,10,13-20H2,1H3. The lowest BCUT2D eigenvalue weighted by molar-refractivity contribution is 0.00357. The monoisotopic (exact) mass is 382 g/mol. The zero-order chi connectivity index (χ0) is 19.4. The van der Waals surface area contributed by atoms with Crippen LogP contribution in [-0.4, -0.2) is 58.0 Å². The van der Waals surface area contributed by atoms with Gasteiger partial charge in [-0.2, -0.15) is 0 Å². The molecular weight excluding hydrogens is 344 g/mol. The van der Waals surface area contributed by atoms with Crippen molar-refractivity contribution in [3.05, 3.63) is 29.8 Å². The van der Waals surface area contributed by atoms with Gasteiger partial charge in [0.15, 0.2) is 0 Å². The molecule has 0 bridgehead atoms. The predicted molar refractivity (Wildman–Crippen MR) is 109 cm³/mol. The zero-order valence-electron chi connectivity index (χ0n) is 17.0. The molecule has 0 amide bonds. The highest BCUT2D eigenvalue weighted by atomic mass is 16.6. The number of aryl methyl sites for hydroxylation is 1. The third-order valence-corrected chi connectivity index (χ3v) is 4.24. The van der Waals surface area contributed by atoms with Crippen LogP contribution < -0.4 is 4.74 Å². The molecule has 0 atom stereocenters.